The lowest BCUT2D eigenvalue weighted by Crippen LogP contribution is -2.36. The largest absolute Gasteiger partial charge is 0.399 e. The molecule has 2 amide bonds. The van der Waals surface area contributed by atoms with Crippen molar-refractivity contribution in [2.24, 2.45) is 0 Å². The number of halogens is 6. The molecule has 194 valence electrons. The molecule has 4 aromatic heterocycles. The maximum absolute atomic E-state index is 13.9. The third-order valence-corrected chi connectivity index (χ3v) is 5.79. The van der Waals surface area contributed by atoms with Crippen LogP contribution in [0.25, 0.3) is 11.5 Å². The number of amides is 2. The minimum Gasteiger partial charge on any atom is -0.387 e. The van der Waals surface area contributed by atoms with E-state index in [9.17, 15) is 31.9 Å². The first-order valence-electron chi connectivity index (χ1n) is 10.5. The van der Waals surface area contributed by atoms with Crippen LogP contribution in [0.4, 0.5) is 38.1 Å². The minimum atomic E-state index is -4.73. The second-order valence-electron chi connectivity index (χ2n) is 8.07. The van der Waals surface area contributed by atoms with Crippen molar-refractivity contribution in [1.29, 1.82) is 0 Å². The molecule has 2 atom stereocenters. The molecule has 2 N–H and O–H groups in total. The van der Waals surface area contributed by atoms with E-state index in [0.29, 0.717) is 0 Å². The summed E-state index contributed by atoms with van der Waals surface area (Å²) in [7, 11) is 0. The van der Waals surface area contributed by atoms with Gasteiger partial charge in [-0.1, -0.05) is 11.6 Å². The van der Waals surface area contributed by atoms with E-state index < -0.39 is 42.8 Å². The number of nitrogens with one attached hydrogen (secondary N) is 1. The summed E-state index contributed by atoms with van der Waals surface area (Å²) in [6.45, 7) is 0.616. The zero-order valence-corrected chi connectivity index (χ0v) is 19.3. The summed E-state index contributed by atoms with van der Waals surface area (Å²) in [4.78, 5) is 22.5. The predicted octanol–water partition coefficient (Wildman–Crippen LogP) is 4.05. The van der Waals surface area contributed by atoms with Crippen LogP contribution in [0.1, 0.15) is 42.3 Å². The third-order valence-electron chi connectivity index (χ3n) is 5.61. The molecule has 1 aliphatic rings. The van der Waals surface area contributed by atoms with Gasteiger partial charge in [-0.15, -0.1) is 9.90 Å². The van der Waals surface area contributed by atoms with E-state index in [1.54, 1.807) is 0 Å². The number of anilines is 2. The first-order valence-corrected chi connectivity index (χ1v) is 10.9. The number of aromatic nitrogens is 7. The maximum Gasteiger partial charge on any atom is 0.399 e. The van der Waals surface area contributed by atoms with Crippen LogP contribution >= 0.6 is 11.6 Å². The molecular weight excluding hydrogens is 529 g/mol. The topological polar surface area (TPSA) is 126 Å². The second kappa shape index (κ2) is 8.88. The van der Waals surface area contributed by atoms with Crippen LogP contribution in [0.2, 0.25) is 5.15 Å². The Morgan fingerprint density at radius 1 is 1.19 bits per heavy atom. The van der Waals surface area contributed by atoms with Crippen LogP contribution in [-0.4, -0.2) is 58.4 Å². The van der Waals surface area contributed by atoms with Crippen LogP contribution in [0.5, 0.6) is 0 Å². The summed E-state index contributed by atoms with van der Waals surface area (Å²) >= 11 is 5.83. The molecule has 5 heterocycles. The van der Waals surface area contributed by atoms with E-state index in [1.807, 2.05) is 0 Å². The number of rotatable bonds is 4. The number of hydrogen-bond donors (Lipinski definition) is 2. The van der Waals surface area contributed by atoms with Gasteiger partial charge in [-0.05, 0) is 13.0 Å². The number of aliphatic hydroxyl groups is 1. The Bertz CT molecular complexity index is 1500. The monoisotopic (exact) mass is 543 g/mol. The highest BCUT2D eigenvalue weighted by molar-refractivity contribution is 6.29. The lowest BCUT2D eigenvalue weighted by atomic mass is 10.1. The Kier molecular flexibility index (Phi) is 5.94. The van der Waals surface area contributed by atoms with E-state index in [4.69, 9.17) is 11.6 Å². The Hall–Kier alpha value is -3.92. The van der Waals surface area contributed by atoms with Crippen LogP contribution in [0, 0.1) is 0 Å². The third kappa shape index (κ3) is 4.42. The van der Waals surface area contributed by atoms with E-state index >= 15 is 0 Å². The van der Waals surface area contributed by atoms with Gasteiger partial charge in [-0.25, -0.2) is 28.1 Å². The fourth-order valence-electron chi connectivity index (χ4n) is 3.90. The summed E-state index contributed by atoms with van der Waals surface area (Å²) in [5, 5.41) is 23.4. The van der Waals surface area contributed by atoms with Gasteiger partial charge in [0.15, 0.2) is 16.6 Å². The molecule has 2 unspecified atom stereocenters. The summed E-state index contributed by atoms with van der Waals surface area (Å²) in [5.74, 6) is -2.45. The summed E-state index contributed by atoms with van der Waals surface area (Å²) in [6, 6.07) is 1.15. The smallest absolute Gasteiger partial charge is 0.387 e. The molecular formula is C20H15ClF5N9O2. The minimum absolute atomic E-state index is 0.0626. The van der Waals surface area contributed by atoms with Crippen molar-refractivity contribution < 1.29 is 31.9 Å². The van der Waals surface area contributed by atoms with E-state index in [-0.39, 0.29) is 39.4 Å². The number of pyridine rings is 1. The Morgan fingerprint density at radius 2 is 1.95 bits per heavy atom. The molecule has 11 nitrogen and oxygen atoms in total. The van der Waals surface area contributed by atoms with Crippen LogP contribution in [0.3, 0.4) is 0 Å². The molecule has 0 radical (unpaired) electrons. The summed E-state index contributed by atoms with van der Waals surface area (Å²) < 4.78 is 70.1. The number of hydrogen-bond acceptors (Lipinski definition) is 7. The molecule has 0 fully saturated rings. The van der Waals surface area contributed by atoms with Gasteiger partial charge in [0.25, 0.3) is 6.43 Å². The fourth-order valence-corrected chi connectivity index (χ4v) is 4.07. The molecule has 4 aromatic rings. The molecule has 0 saturated heterocycles. The van der Waals surface area contributed by atoms with Crippen LogP contribution < -0.4 is 10.2 Å². The second-order valence-corrected chi connectivity index (χ2v) is 8.46. The lowest BCUT2D eigenvalue weighted by molar-refractivity contribution is -0.147. The van der Waals surface area contributed by atoms with E-state index in [0.717, 1.165) is 32.7 Å². The summed E-state index contributed by atoms with van der Waals surface area (Å²) in [5.41, 5.74) is -1.19. The molecule has 0 aromatic carbocycles. The predicted molar refractivity (Wildman–Crippen MR) is 118 cm³/mol. The average Bonchev–Trinajstić information content (AvgIpc) is 3.54. The highest BCUT2D eigenvalue weighted by Crippen LogP contribution is 2.45. The van der Waals surface area contributed by atoms with Crippen LogP contribution in [0.15, 0.2) is 30.7 Å². The number of fused-ring (bicyclic) bond motifs is 3. The summed E-state index contributed by atoms with van der Waals surface area (Å²) in [6.07, 6.45) is -5.51. The number of nitrogens with zero attached hydrogens (tertiary/aromatic N) is 8. The zero-order valence-electron chi connectivity index (χ0n) is 18.5. The molecule has 5 rings (SSSR count). The Morgan fingerprint density at radius 3 is 2.59 bits per heavy atom. The van der Waals surface area contributed by atoms with E-state index in [1.165, 1.54) is 19.2 Å². The number of aliphatic hydroxyl groups excluding tert-OH is 1. The van der Waals surface area contributed by atoms with Crippen molar-refractivity contribution in [2.45, 2.75) is 31.5 Å². The Balaban J connectivity index is 1.47. The SMILES string of the molecule is CC(O)c1cnn(-c2ncc(NC(=O)N3CC(C(F)(F)F)c4c3cnc3cc(Cl)nn43)cc2C(F)F)n1. The number of urea groups is 1. The average molecular weight is 544 g/mol. The molecule has 1 aliphatic heterocycles. The van der Waals surface area contributed by atoms with Gasteiger partial charge < -0.3 is 10.4 Å². The van der Waals surface area contributed by atoms with Crippen molar-refractivity contribution >= 4 is 34.7 Å². The van der Waals surface area contributed by atoms with Crippen molar-refractivity contribution in [1.82, 2.24) is 34.6 Å². The standard InChI is InChI=1S/C20H15ClF5N9O2/c1-8(36)12-5-29-35(31-12)18-10(17(22)23)2-9(4-28-18)30-19(37)33-7-11(20(24,25)26)16-13(33)6-27-15-3-14(21)32-34(15)16/h2-6,8,11,17,36H,7H2,1H3,(H,30,37). The van der Waals surface area contributed by atoms with Gasteiger partial charge in [-0.2, -0.15) is 23.4 Å². The van der Waals surface area contributed by atoms with Gasteiger partial charge in [-0.3, -0.25) is 4.90 Å². The van der Waals surface area contributed by atoms with Gasteiger partial charge in [0.1, 0.15) is 11.6 Å². The normalized spacial score (nSPS) is 16.5. The number of carbonyl (C=O) groups excluding carboxylic acids is 1. The van der Waals surface area contributed by atoms with Crippen molar-refractivity contribution in [3.05, 3.63) is 52.8 Å². The van der Waals surface area contributed by atoms with E-state index in [2.05, 4.69) is 30.6 Å². The molecule has 0 spiro atoms. The van der Waals surface area contributed by atoms with Crippen molar-refractivity contribution in [2.75, 3.05) is 16.8 Å². The quantitative estimate of drug-likeness (QED) is 0.372. The maximum atomic E-state index is 13.9. The van der Waals surface area contributed by atoms with Gasteiger partial charge in [0, 0.05) is 12.6 Å². The highest BCUT2D eigenvalue weighted by Gasteiger charge is 2.50. The van der Waals surface area contributed by atoms with Crippen molar-refractivity contribution in [3.63, 3.8) is 0 Å². The first-order chi connectivity index (χ1) is 17.4. The first kappa shape index (κ1) is 24.8. The molecule has 0 saturated carbocycles. The zero-order chi connectivity index (χ0) is 26.6. The Labute approximate surface area is 208 Å². The van der Waals surface area contributed by atoms with Gasteiger partial charge in [0.2, 0.25) is 0 Å². The van der Waals surface area contributed by atoms with Gasteiger partial charge in [0.05, 0.1) is 47.3 Å². The van der Waals surface area contributed by atoms with Crippen molar-refractivity contribution in [3.8, 4) is 5.82 Å². The number of alkyl halides is 5. The fraction of sp³-hybridized carbons (Fsp3) is 0.300. The number of carbonyl (C=O) groups is 1. The highest BCUT2D eigenvalue weighted by atomic mass is 35.5. The van der Waals surface area contributed by atoms with Gasteiger partial charge >= 0.3 is 12.2 Å². The molecule has 37 heavy (non-hydrogen) atoms. The van der Waals surface area contributed by atoms with Crippen LogP contribution in [-0.2, 0) is 0 Å². The molecule has 0 bridgehead atoms. The lowest BCUT2D eigenvalue weighted by Gasteiger charge is -2.19. The molecule has 0 aliphatic carbocycles. The molecule has 17 heteroatoms.